The molecule has 1 aliphatic rings. The van der Waals surface area contributed by atoms with Gasteiger partial charge in [-0.05, 0) is 24.8 Å². The van der Waals surface area contributed by atoms with Crippen molar-refractivity contribution < 1.29 is 4.79 Å². The van der Waals surface area contributed by atoms with Crippen molar-refractivity contribution in [1.29, 1.82) is 0 Å². The van der Waals surface area contributed by atoms with Gasteiger partial charge in [-0.25, -0.2) is 0 Å². The highest BCUT2D eigenvalue weighted by Gasteiger charge is 2.27. The van der Waals surface area contributed by atoms with Crippen molar-refractivity contribution in [1.82, 2.24) is 10.2 Å². The molecule has 1 unspecified atom stereocenters. The van der Waals surface area contributed by atoms with Crippen molar-refractivity contribution in [2.24, 2.45) is 0 Å². The average Bonchev–Trinajstić information content (AvgIpc) is 2.77. The SMILES string of the molecule is Cc1cccc(C2CC(=O)c3cn[nH]c3C2)c1. The van der Waals surface area contributed by atoms with Crippen molar-refractivity contribution in [3.05, 3.63) is 52.8 Å². The zero-order chi connectivity index (χ0) is 11.8. The van der Waals surface area contributed by atoms with Crippen LogP contribution in [0.5, 0.6) is 0 Å². The molecule has 0 fully saturated rings. The van der Waals surface area contributed by atoms with Crippen LogP contribution in [0.15, 0.2) is 30.5 Å². The first-order valence-electron chi connectivity index (χ1n) is 5.86. The first kappa shape index (κ1) is 10.3. The monoisotopic (exact) mass is 226 g/mol. The Labute approximate surface area is 99.9 Å². The maximum Gasteiger partial charge on any atom is 0.166 e. The van der Waals surface area contributed by atoms with Crippen LogP contribution in [-0.4, -0.2) is 16.0 Å². The third kappa shape index (κ3) is 1.78. The normalized spacial score (nSPS) is 19.1. The Kier molecular flexibility index (Phi) is 2.32. The van der Waals surface area contributed by atoms with Gasteiger partial charge in [0.1, 0.15) is 0 Å². The Morgan fingerprint density at radius 1 is 1.35 bits per heavy atom. The molecule has 3 rings (SSSR count). The third-order valence-electron chi connectivity index (χ3n) is 3.41. The number of H-pyrrole nitrogens is 1. The van der Waals surface area contributed by atoms with Gasteiger partial charge in [0.05, 0.1) is 11.8 Å². The maximum absolute atomic E-state index is 12.0. The minimum absolute atomic E-state index is 0.200. The number of aryl methyl sites for hydroxylation is 1. The quantitative estimate of drug-likeness (QED) is 0.812. The van der Waals surface area contributed by atoms with Gasteiger partial charge in [-0.2, -0.15) is 5.10 Å². The molecule has 0 saturated carbocycles. The van der Waals surface area contributed by atoms with Gasteiger partial charge in [-0.1, -0.05) is 29.8 Å². The number of carbonyl (C=O) groups excluding carboxylic acids is 1. The Hall–Kier alpha value is -1.90. The van der Waals surface area contributed by atoms with E-state index < -0.39 is 0 Å². The minimum Gasteiger partial charge on any atom is -0.294 e. The first-order valence-corrected chi connectivity index (χ1v) is 5.86. The second-order valence-corrected chi connectivity index (χ2v) is 4.70. The molecular weight excluding hydrogens is 212 g/mol. The van der Waals surface area contributed by atoms with Gasteiger partial charge in [0.2, 0.25) is 0 Å². The molecule has 3 heteroatoms. The van der Waals surface area contributed by atoms with Gasteiger partial charge < -0.3 is 0 Å². The van der Waals surface area contributed by atoms with E-state index >= 15 is 0 Å². The Bertz CT molecular complexity index is 571. The minimum atomic E-state index is 0.200. The highest BCUT2D eigenvalue weighted by atomic mass is 16.1. The Balaban J connectivity index is 1.96. The lowest BCUT2D eigenvalue weighted by Crippen LogP contribution is -2.17. The van der Waals surface area contributed by atoms with Crippen LogP contribution < -0.4 is 0 Å². The Morgan fingerprint density at radius 2 is 2.24 bits per heavy atom. The van der Waals surface area contributed by atoms with Gasteiger partial charge in [0, 0.05) is 12.1 Å². The third-order valence-corrected chi connectivity index (χ3v) is 3.41. The van der Waals surface area contributed by atoms with Gasteiger partial charge in [0.15, 0.2) is 5.78 Å². The van der Waals surface area contributed by atoms with Crippen molar-refractivity contribution >= 4 is 5.78 Å². The molecule has 0 bridgehead atoms. The number of carbonyl (C=O) groups is 1. The summed E-state index contributed by atoms with van der Waals surface area (Å²) in [6, 6.07) is 8.40. The first-order chi connectivity index (χ1) is 8.24. The summed E-state index contributed by atoms with van der Waals surface area (Å²) in [4.78, 5) is 12.0. The average molecular weight is 226 g/mol. The topological polar surface area (TPSA) is 45.8 Å². The van der Waals surface area contributed by atoms with Crippen LogP contribution in [-0.2, 0) is 6.42 Å². The van der Waals surface area contributed by atoms with Crippen LogP contribution >= 0.6 is 0 Å². The van der Waals surface area contributed by atoms with E-state index in [0.29, 0.717) is 6.42 Å². The van der Waals surface area contributed by atoms with Crippen molar-refractivity contribution in [2.45, 2.75) is 25.7 Å². The zero-order valence-corrected chi connectivity index (χ0v) is 9.73. The summed E-state index contributed by atoms with van der Waals surface area (Å²) in [5.41, 5.74) is 4.24. The van der Waals surface area contributed by atoms with Crippen LogP contribution in [0, 0.1) is 6.92 Å². The molecule has 86 valence electrons. The van der Waals surface area contributed by atoms with Crippen LogP contribution in [0.2, 0.25) is 0 Å². The fraction of sp³-hybridized carbons (Fsp3) is 0.286. The van der Waals surface area contributed by atoms with Crippen molar-refractivity contribution in [3.8, 4) is 0 Å². The van der Waals surface area contributed by atoms with E-state index in [0.717, 1.165) is 17.7 Å². The van der Waals surface area contributed by atoms with Gasteiger partial charge in [-0.3, -0.25) is 9.89 Å². The standard InChI is InChI=1S/C14H14N2O/c1-9-3-2-4-10(5-9)11-6-13-12(8-15-16-13)14(17)7-11/h2-5,8,11H,6-7H2,1H3,(H,15,16). The molecule has 2 aromatic rings. The number of hydrogen-bond acceptors (Lipinski definition) is 2. The highest BCUT2D eigenvalue weighted by Crippen LogP contribution is 2.31. The van der Waals surface area contributed by atoms with Crippen LogP contribution in [0.1, 0.15) is 39.5 Å². The van der Waals surface area contributed by atoms with Crippen LogP contribution in [0.4, 0.5) is 0 Å². The van der Waals surface area contributed by atoms with Crippen molar-refractivity contribution in [2.75, 3.05) is 0 Å². The van der Waals surface area contributed by atoms with E-state index in [1.54, 1.807) is 6.20 Å². The number of aromatic amines is 1. The predicted molar refractivity (Wildman–Crippen MR) is 65.2 cm³/mol. The molecule has 1 aromatic carbocycles. The lowest BCUT2D eigenvalue weighted by molar-refractivity contribution is 0.0964. The van der Waals surface area contributed by atoms with E-state index in [1.807, 2.05) is 0 Å². The van der Waals surface area contributed by atoms with Crippen LogP contribution in [0.25, 0.3) is 0 Å². The summed E-state index contributed by atoms with van der Waals surface area (Å²) in [6.45, 7) is 2.08. The maximum atomic E-state index is 12.0. The second kappa shape index (κ2) is 3.84. The zero-order valence-electron chi connectivity index (χ0n) is 9.73. The molecule has 1 aromatic heterocycles. The summed E-state index contributed by atoms with van der Waals surface area (Å²) in [5, 5.41) is 6.89. The fourth-order valence-electron chi connectivity index (χ4n) is 2.52. The predicted octanol–water partition coefficient (Wildman–Crippen LogP) is 2.63. The van der Waals surface area contributed by atoms with Crippen molar-refractivity contribution in [3.63, 3.8) is 0 Å². The number of nitrogens with one attached hydrogen (secondary N) is 1. The molecule has 0 radical (unpaired) electrons. The number of fused-ring (bicyclic) bond motifs is 1. The highest BCUT2D eigenvalue weighted by molar-refractivity contribution is 5.98. The molecular formula is C14H14N2O. The molecule has 1 heterocycles. The molecule has 1 atom stereocenters. The fourth-order valence-corrected chi connectivity index (χ4v) is 2.52. The summed E-state index contributed by atoms with van der Waals surface area (Å²) in [7, 11) is 0. The molecule has 1 N–H and O–H groups in total. The van der Waals surface area contributed by atoms with E-state index in [4.69, 9.17) is 0 Å². The number of Topliss-reactive ketones (excluding diaryl/α,β-unsaturated/α-hetero) is 1. The molecule has 1 aliphatic carbocycles. The number of hydrogen-bond donors (Lipinski definition) is 1. The lowest BCUT2D eigenvalue weighted by Gasteiger charge is -2.21. The number of ketones is 1. The van der Waals surface area contributed by atoms with Gasteiger partial charge >= 0.3 is 0 Å². The van der Waals surface area contributed by atoms with Gasteiger partial charge in [0.25, 0.3) is 0 Å². The molecule has 0 saturated heterocycles. The number of nitrogens with zero attached hydrogens (tertiary/aromatic N) is 1. The van der Waals surface area contributed by atoms with E-state index in [1.165, 1.54) is 11.1 Å². The summed E-state index contributed by atoms with van der Waals surface area (Å²) >= 11 is 0. The number of rotatable bonds is 1. The Morgan fingerprint density at radius 3 is 3.06 bits per heavy atom. The summed E-state index contributed by atoms with van der Waals surface area (Å²) < 4.78 is 0. The van der Waals surface area contributed by atoms with E-state index in [-0.39, 0.29) is 11.7 Å². The molecule has 3 nitrogen and oxygen atoms in total. The molecule has 0 amide bonds. The second-order valence-electron chi connectivity index (χ2n) is 4.70. The lowest BCUT2D eigenvalue weighted by atomic mass is 9.82. The molecule has 0 spiro atoms. The summed E-state index contributed by atoms with van der Waals surface area (Å²) in [6.07, 6.45) is 3.12. The van der Waals surface area contributed by atoms with Crippen LogP contribution in [0.3, 0.4) is 0 Å². The van der Waals surface area contributed by atoms with Gasteiger partial charge in [-0.15, -0.1) is 0 Å². The smallest absolute Gasteiger partial charge is 0.166 e. The van der Waals surface area contributed by atoms with E-state index in [2.05, 4.69) is 41.4 Å². The number of benzene rings is 1. The largest absolute Gasteiger partial charge is 0.294 e. The summed E-state index contributed by atoms with van der Waals surface area (Å²) in [5.74, 6) is 0.488. The number of aromatic nitrogens is 2. The molecule has 0 aliphatic heterocycles. The molecule has 17 heavy (non-hydrogen) atoms. The van der Waals surface area contributed by atoms with E-state index in [9.17, 15) is 4.79 Å².